The summed E-state index contributed by atoms with van der Waals surface area (Å²) in [4.78, 5) is 37.3. The molecule has 40 heavy (non-hydrogen) atoms. The first-order chi connectivity index (χ1) is 19.3. The molecule has 3 aromatic rings. The molecular weight excluding hydrogens is 506 g/mol. The summed E-state index contributed by atoms with van der Waals surface area (Å²) < 4.78 is 6.21. The third-order valence-electron chi connectivity index (χ3n) is 6.46. The highest BCUT2D eigenvalue weighted by Crippen LogP contribution is 2.12. The Morgan fingerprint density at radius 1 is 0.950 bits per heavy atom. The third-order valence-corrected chi connectivity index (χ3v) is 6.46. The van der Waals surface area contributed by atoms with Crippen molar-refractivity contribution in [2.75, 3.05) is 31.6 Å². The summed E-state index contributed by atoms with van der Waals surface area (Å²) in [6, 6.07) is 18.7. The number of aryl methyl sites for hydroxylation is 2. The zero-order valence-electron chi connectivity index (χ0n) is 23.8. The summed E-state index contributed by atoms with van der Waals surface area (Å²) in [5.41, 5.74) is 4.50. The Hall–Kier alpha value is -3.98. The molecule has 0 bridgehead atoms. The van der Waals surface area contributed by atoms with Crippen LogP contribution in [0.5, 0.6) is 0 Å². The Labute approximate surface area is 236 Å². The van der Waals surface area contributed by atoms with E-state index in [0.29, 0.717) is 31.8 Å². The van der Waals surface area contributed by atoms with Gasteiger partial charge in [0.1, 0.15) is 0 Å². The molecule has 4 rings (SSSR count). The molecule has 1 saturated heterocycles. The van der Waals surface area contributed by atoms with Crippen LogP contribution in [0.1, 0.15) is 55.0 Å². The van der Waals surface area contributed by atoms with E-state index < -0.39 is 6.09 Å². The zero-order chi connectivity index (χ0) is 28.7. The molecule has 9 heteroatoms. The van der Waals surface area contributed by atoms with Gasteiger partial charge in [0.2, 0.25) is 5.91 Å². The summed E-state index contributed by atoms with van der Waals surface area (Å²) in [5.74, 6) is 0.159. The zero-order valence-corrected chi connectivity index (χ0v) is 23.8. The summed E-state index contributed by atoms with van der Waals surface area (Å²) >= 11 is 0. The maximum absolute atomic E-state index is 11.8. The molecule has 2 heterocycles. The number of piperidine rings is 1. The van der Waals surface area contributed by atoms with E-state index in [1.165, 1.54) is 41.1 Å². The van der Waals surface area contributed by atoms with Crippen molar-refractivity contribution < 1.29 is 14.3 Å². The molecular formula is C31H41N5O4. The molecule has 0 unspecified atom stereocenters. The highest BCUT2D eigenvalue weighted by atomic mass is 16.5. The molecule has 1 aromatic heterocycles. The van der Waals surface area contributed by atoms with Gasteiger partial charge in [-0.15, -0.1) is 0 Å². The Balaban J connectivity index is 0.000000222. The Morgan fingerprint density at radius 3 is 2.45 bits per heavy atom. The first-order valence-electron chi connectivity index (χ1n) is 13.9. The lowest BCUT2D eigenvalue weighted by atomic mass is 10.1. The van der Waals surface area contributed by atoms with Crippen LogP contribution in [-0.4, -0.2) is 52.9 Å². The van der Waals surface area contributed by atoms with Gasteiger partial charge in [0.15, 0.2) is 0 Å². The average Bonchev–Trinajstić information content (AvgIpc) is 2.94. The third kappa shape index (κ3) is 11.0. The SMILES string of the molecule is CCOC(=O)Nc1cccc(Cn2nc(C)ccc2=O)c1.Cc1cccc(CNC(=O)CCN2CCCCC2)c1. The van der Waals surface area contributed by atoms with Crippen LogP contribution < -0.4 is 16.2 Å². The van der Waals surface area contributed by atoms with Gasteiger partial charge in [0.05, 0.1) is 18.8 Å². The smallest absolute Gasteiger partial charge is 0.411 e. The molecule has 0 aliphatic carbocycles. The number of hydrogen-bond donors (Lipinski definition) is 2. The fraction of sp³-hybridized carbons (Fsp3) is 0.419. The molecule has 1 aliphatic heterocycles. The minimum atomic E-state index is -0.500. The molecule has 0 radical (unpaired) electrons. The van der Waals surface area contributed by atoms with E-state index in [4.69, 9.17) is 4.74 Å². The summed E-state index contributed by atoms with van der Waals surface area (Å²) in [5, 5.41) is 9.81. The van der Waals surface area contributed by atoms with Crippen LogP contribution >= 0.6 is 0 Å². The molecule has 2 N–H and O–H groups in total. The highest BCUT2D eigenvalue weighted by molar-refractivity contribution is 5.84. The van der Waals surface area contributed by atoms with E-state index in [1.54, 1.807) is 31.2 Å². The second-order valence-corrected chi connectivity index (χ2v) is 9.93. The van der Waals surface area contributed by atoms with Gasteiger partial charge in [0.25, 0.3) is 5.56 Å². The molecule has 0 atom stereocenters. The second kappa shape index (κ2) is 16.2. The first-order valence-corrected chi connectivity index (χ1v) is 13.9. The van der Waals surface area contributed by atoms with Crippen LogP contribution in [0.15, 0.2) is 65.5 Å². The van der Waals surface area contributed by atoms with E-state index in [9.17, 15) is 14.4 Å². The van der Waals surface area contributed by atoms with Crippen molar-refractivity contribution in [3.8, 4) is 0 Å². The number of amides is 2. The van der Waals surface area contributed by atoms with Crippen molar-refractivity contribution in [3.05, 3.63) is 93.4 Å². The number of ether oxygens (including phenoxy) is 1. The number of nitrogens with zero attached hydrogens (tertiary/aromatic N) is 3. The molecule has 0 saturated carbocycles. The lowest BCUT2D eigenvalue weighted by molar-refractivity contribution is -0.121. The minimum absolute atomic E-state index is 0.159. The number of hydrogen-bond acceptors (Lipinski definition) is 6. The number of carbonyl (C=O) groups excluding carboxylic acids is 2. The number of anilines is 1. The number of benzene rings is 2. The lowest BCUT2D eigenvalue weighted by Crippen LogP contribution is -2.34. The van der Waals surface area contributed by atoms with E-state index in [0.717, 1.165) is 30.9 Å². The lowest BCUT2D eigenvalue weighted by Gasteiger charge is -2.25. The topological polar surface area (TPSA) is 106 Å². The van der Waals surface area contributed by atoms with Gasteiger partial charge < -0.3 is 15.0 Å². The number of nitrogens with one attached hydrogen (secondary N) is 2. The van der Waals surface area contributed by atoms with Gasteiger partial charge in [-0.25, -0.2) is 9.48 Å². The van der Waals surface area contributed by atoms with Crippen LogP contribution in [0.4, 0.5) is 10.5 Å². The molecule has 214 valence electrons. The van der Waals surface area contributed by atoms with Gasteiger partial charge in [-0.1, -0.05) is 48.4 Å². The molecule has 2 aromatic carbocycles. The van der Waals surface area contributed by atoms with Gasteiger partial charge in [-0.2, -0.15) is 5.10 Å². The Kier molecular flexibility index (Phi) is 12.4. The first kappa shape index (κ1) is 30.6. The van der Waals surface area contributed by atoms with Gasteiger partial charge >= 0.3 is 6.09 Å². The van der Waals surface area contributed by atoms with Crippen LogP contribution in [0.25, 0.3) is 0 Å². The summed E-state index contributed by atoms with van der Waals surface area (Å²) in [6.07, 6.45) is 4.03. The molecule has 2 amide bonds. The van der Waals surface area contributed by atoms with Gasteiger partial charge in [-0.05, 0) is 76.0 Å². The number of rotatable bonds is 9. The predicted octanol–water partition coefficient (Wildman–Crippen LogP) is 4.66. The van der Waals surface area contributed by atoms with Crippen molar-refractivity contribution in [3.63, 3.8) is 0 Å². The maximum Gasteiger partial charge on any atom is 0.411 e. The number of likely N-dealkylation sites (tertiary alicyclic amines) is 1. The molecule has 0 spiro atoms. The van der Waals surface area contributed by atoms with E-state index in [1.807, 2.05) is 19.1 Å². The normalized spacial score (nSPS) is 13.1. The van der Waals surface area contributed by atoms with Crippen molar-refractivity contribution in [1.29, 1.82) is 0 Å². The van der Waals surface area contributed by atoms with Crippen molar-refractivity contribution in [1.82, 2.24) is 20.0 Å². The number of carbonyl (C=O) groups is 2. The van der Waals surface area contributed by atoms with Crippen LogP contribution in [0.2, 0.25) is 0 Å². The highest BCUT2D eigenvalue weighted by Gasteiger charge is 2.11. The summed E-state index contributed by atoms with van der Waals surface area (Å²) in [6.45, 7) is 10.2. The van der Waals surface area contributed by atoms with E-state index in [-0.39, 0.29) is 11.5 Å². The Morgan fingerprint density at radius 2 is 1.70 bits per heavy atom. The molecule has 9 nitrogen and oxygen atoms in total. The van der Waals surface area contributed by atoms with E-state index in [2.05, 4.69) is 45.8 Å². The van der Waals surface area contributed by atoms with Crippen LogP contribution in [0, 0.1) is 13.8 Å². The predicted molar refractivity (Wildman–Crippen MR) is 157 cm³/mol. The monoisotopic (exact) mass is 547 g/mol. The number of aromatic nitrogens is 2. The second-order valence-electron chi connectivity index (χ2n) is 9.93. The minimum Gasteiger partial charge on any atom is -0.450 e. The average molecular weight is 548 g/mol. The standard InChI is InChI=1S/C16H24N2O.C15H17N3O3/c1-14-6-5-7-15(12-14)13-17-16(19)8-11-18-9-3-2-4-10-18;1-3-21-15(20)16-13-6-4-5-12(9-13)10-18-14(19)8-7-11(2)17-18/h5-7,12H,2-4,8-11,13H2,1H3,(H,17,19);4-9H,3,10H2,1-2H3,(H,16,20). The van der Waals surface area contributed by atoms with Crippen LogP contribution in [0.3, 0.4) is 0 Å². The molecule has 1 aliphatic rings. The largest absolute Gasteiger partial charge is 0.450 e. The fourth-order valence-corrected chi connectivity index (χ4v) is 4.42. The summed E-state index contributed by atoms with van der Waals surface area (Å²) in [7, 11) is 0. The molecule has 1 fully saturated rings. The van der Waals surface area contributed by atoms with Gasteiger partial charge in [0, 0.05) is 31.3 Å². The van der Waals surface area contributed by atoms with Crippen molar-refractivity contribution >= 4 is 17.7 Å². The van der Waals surface area contributed by atoms with Crippen molar-refractivity contribution in [2.45, 2.75) is 59.5 Å². The Bertz CT molecular complexity index is 1300. The maximum atomic E-state index is 11.8. The van der Waals surface area contributed by atoms with Crippen molar-refractivity contribution in [2.24, 2.45) is 0 Å². The fourth-order valence-electron chi connectivity index (χ4n) is 4.42. The van der Waals surface area contributed by atoms with Crippen LogP contribution in [-0.2, 0) is 22.6 Å². The quantitative estimate of drug-likeness (QED) is 0.404. The van der Waals surface area contributed by atoms with E-state index >= 15 is 0 Å². The van der Waals surface area contributed by atoms with Gasteiger partial charge in [-0.3, -0.25) is 14.9 Å².